The lowest BCUT2D eigenvalue weighted by Crippen LogP contribution is -2.45. The van der Waals surface area contributed by atoms with Crippen molar-refractivity contribution < 1.29 is 23.4 Å². The smallest absolute Gasteiger partial charge is 0.339 e. The highest BCUT2D eigenvalue weighted by Gasteiger charge is 2.45. The van der Waals surface area contributed by atoms with E-state index in [-0.39, 0.29) is 5.91 Å². The molecule has 1 aliphatic rings. The SMILES string of the molecule is CCC[C@H](NC(=O)[C@]1(C)CSC(C(C)(OCC)OCC)=N1)c1cc(OC)cc(=O)o1. The molecule has 0 aliphatic carbocycles. The maximum absolute atomic E-state index is 13.2. The van der Waals surface area contributed by atoms with Gasteiger partial charge in [-0.25, -0.2) is 4.79 Å². The minimum absolute atomic E-state index is 0.246. The van der Waals surface area contributed by atoms with E-state index in [0.717, 1.165) is 6.42 Å². The van der Waals surface area contributed by atoms with E-state index in [1.54, 1.807) is 13.0 Å². The molecule has 1 aliphatic heterocycles. The van der Waals surface area contributed by atoms with Crippen LogP contribution in [0, 0.1) is 0 Å². The van der Waals surface area contributed by atoms with Gasteiger partial charge in [-0.1, -0.05) is 13.3 Å². The van der Waals surface area contributed by atoms with E-state index in [1.165, 1.54) is 24.9 Å². The van der Waals surface area contributed by atoms with Gasteiger partial charge >= 0.3 is 5.63 Å². The van der Waals surface area contributed by atoms with Crippen LogP contribution in [0.3, 0.4) is 0 Å². The Bertz CT molecular complexity index is 818. The Balaban J connectivity index is 2.26. The maximum atomic E-state index is 13.2. The monoisotopic (exact) mass is 440 g/mol. The largest absolute Gasteiger partial charge is 0.496 e. The Morgan fingerprint density at radius 2 is 2.00 bits per heavy atom. The number of nitrogens with zero attached hydrogens (tertiary/aromatic N) is 1. The molecule has 2 atom stereocenters. The van der Waals surface area contributed by atoms with Gasteiger partial charge in [-0.2, -0.15) is 0 Å². The summed E-state index contributed by atoms with van der Waals surface area (Å²) in [6.45, 7) is 10.3. The van der Waals surface area contributed by atoms with Gasteiger partial charge in [-0.15, -0.1) is 11.8 Å². The highest BCUT2D eigenvalue weighted by Crippen LogP contribution is 2.35. The topological polar surface area (TPSA) is 99.4 Å². The van der Waals surface area contributed by atoms with E-state index in [0.29, 0.717) is 41.9 Å². The van der Waals surface area contributed by atoms with Crippen LogP contribution in [0.1, 0.15) is 59.3 Å². The van der Waals surface area contributed by atoms with Crippen LogP contribution >= 0.6 is 11.8 Å². The molecule has 1 amide bonds. The van der Waals surface area contributed by atoms with Crippen molar-refractivity contribution in [3.63, 3.8) is 0 Å². The van der Waals surface area contributed by atoms with E-state index >= 15 is 0 Å². The molecular weight excluding hydrogens is 408 g/mol. The number of hydrogen-bond acceptors (Lipinski definition) is 8. The molecule has 1 aromatic rings. The molecule has 0 fully saturated rings. The summed E-state index contributed by atoms with van der Waals surface area (Å²) in [4.78, 5) is 29.7. The predicted octanol–water partition coefficient (Wildman–Crippen LogP) is 3.30. The number of aliphatic imine (C=N–C) groups is 1. The molecule has 0 unspecified atom stereocenters. The molecule has 168 valence electrons. The summed E-state index contributed by atoms with van der Waals surface area (Å²) in [6, 6.07) is 2.43. The van der Waals surface area contributed by atoms with Crippen LogP contribution in [-0.2, 0) is 14.3 Å². The third-order valence-electron chi connectivity index (χ3n) is 4.78. The summed E-state index contributed by atoms with van der Waals surface area (Å²) in [6.07, 6.45) is 1.40. The number of nitrogens with one attached hydrogen (secondary N) is 1. The molecule has 1 N–H and O–H groups in total. The summed E-state index contributed by atoms with van der Waals surface area (Å²) in [5, 5.41) is 3.64. The number of thioether (sulfide) groups is 1. The average Bonchev–Trinajstić information content (AvgIpc) is 3.12. The molecule has 0 saturated carbocycles. The molecule has 2 heterocycles. The summed E-state index contributed by atoms with van der Waals surface area (Å²) >= 11 is 1.45. The fourth-order valence-electron chi connectivity index (χ4n) is 3.21. The highest BCUT2D eigenvalue weighted by molar-refractivity contribution is 8.14. The Hall–Kier alpha value is -1.84. The maximum Gasteiger partial charge on any atom is 0.339 e. The second-order valence-corrected chi connectivity index (χ2v) is 8.29. The third-order valence-corrected chi connectivity index (χ3v) is 6.22. The molecule has 1 aromatic heterocycles. The van der Waals surface area contributed by atoms with Gasteiger partial charge in [-0.05, 0) is 34.1 Å². The number of methoxy groups -OCH3 is 1. The molecule has 0 spiro atoms. The highest BCUT2D eigenvalue weighted by atomic mass is 32.2. The first kappa shape index (κ1) is 24.4. The first-order chi connectivity index (χ1) is 14.2. The van der Waals surface area contributed by atoms with E-state index in [9.17, 15) is 9.59 Å². The minimum Gasteiger partial charge on any atom is -0.496 e. The van der Waals surface area contributed by atoms with Gasteiger partial charge in [0.1, 0.15) is 22.1 Å². The molecule has 9 heteroatoms. The molecule has 30 heavy (non-hydrogen) atoms. The van der Waals surface area contributed by atoms with E-state index in [2.05, 4.69) is 10.3 Å². The number of amides is 1. The normalized spacial score (nSPS) is 20.0. The third kappa shape index (κ3) is 5.65. The molecule has 8 nitrogen and oxygen atoms in total. The lowest BCUT2D eigenvalue weighted by atomic mass is 10.0. The number of carbonyl (C=O) groups is 1. The number of carbonyl (C=O) groups excluding carboxylic acids is 1. The second-order valence-electron chi connectivity index (χ2n) is 7.32. The summed E-state index contributed by atoms with van der Waals surface area (Å²) < 4.78 is 22.1. The molecular formula is C21H32N2O6S. The average molecular weight is 441 g/mol. The fraction of sp³-hybridized carbons (Fsp3) is 0.667. The lowest BCUT2D eigenvalue weighted by molar-refractivity contribution is -0.169. The standard InChI is InChI=1S/C21H32N2O6S/c1-7-10-15(16-11-14(26-6)12-17(24)29-16)22-18(25)20(4)13-30-19(23-20)21(5,27-8-2)28-9-3/h11-12,15H,7-10,13H2,1-6H3,(H,22,25)/t15-,20-/m0/s1. The van der Waals surface area contributed by atoms with Gasteiger partial charge in [0.15, 0.2) is 0 Å². The number of hydrogen-bond donors (Lipinski definition) is 1. The fourth-order valence-corrected chi connectivity index (χ4v) is 4.47. The first-order valence-corrected chi connectivity index (χ1v) is 11.2. The van der Waals surface area contributed by atoms with E-state index < -0.39 is 23.0 Å². The predicted molar refractivity (Wildman–Crippen MR) is 117 cm³/mol. The van der Waals surface area contributed by atoms with Crippen molar-refractivity contribution in [2.24, 2.45) is 4.99 Å². The van der Waals surface area contributed by atoms with Crippen LogP contribution in [0.4, 0.5) is 0 Å². The zero-order valence-electron chi connectivity index (χ0n) is 18.6. The lowest BCUT2D eigenvalue weighted by Gasteiger charge is -2.28. The van der Waals surface area contributed by atoms with Crippen molar-refractivity contribution in [2.75, 3.05) is 26.1 Å². The van der Waals surface area contributed by atoms with Crippen molar-refractivity contribution in [3.8, 4) is 5.75 Å². The number of ether oxygens (including phenoxy) is 3. The van der Waals surface area contributed by atoms with Gasteiger partial charge in [-0.3, -0.25) is 9.79 Å². The van der Waals surface area contributed by atoms with Gasteiger partial charge in [0.2, 0.25) is 11.7 Å². The van der Waals surface area contributed by atoms with Crippen molar-refractivity contribution >= 4 is 22.7 Å². The Morgan fingerprint density at radius 1 is 1.33 bits per heavy atom. The molecule has 0 aromatic carbocycles. The Morgan fingerprint density at radius 3 is 2.57 bits per heavy atom. The molecule has 2 rings (SSSR count). The van der Waals surface area contributed by atoms with Gasteiger partial charge < -0.3 is 23.9 Å². The molecule has 0 bridgehead atoms. The zero-order valence-corrected chi connectivity index (χ0v) is 19.4. The second kappa shape index (κ2) is 10.5. The molecule has 0 radical (unpaired) electrons. The van der Waals surface area contributed by atoms with Crippen molar-refractivity contribution in [1.82, 2.24) is 5.32 Å². The van der Waals surface area contributed by atoms with Gasteiger partial charge in [0.25, 0.3) is 0 Å². The van der Waals surface area contributed by atoms with Crippen LogP contribution in [0.25, 0.3) is 0 Å². The quantitative estimate of drug-likeness (QED) is 0.527. The van der Waals surface area contributed by atoms with Crippen molar-refractivity contribution in [2.45, 2.75) is 64.8 Å². The Kier molecular flexibility index (Phi) is 8.52. The van der Waals surface area contributed by atoms with Crippen LogP contribution < -0.4 is 15.7 Å². The zero-order chi connectivity index (χ0) is 22.4. The van der Waals surface area contributed by atoms with Crippen LogP contribution in [0.2, 0.25) is 0 Å². The van der Waals surface area contributed by atoms with Crippen LogP contribution in [0.15, 0.2) is 26.3 Å². The Labute approximate surface area is 181 Å². The summed E-state index contributed by atoms with van der Waals surface area (Å²) in [5.41, 5.74) is -1.51. The minimum atomic E-state index is -0.986. The van der Waals surface area contributed by atoms with E-state index in [1.807, 2.05) is 27.7 Å². The van der Waals surface area contributed by atoms with Crippen LogP contribution in [0.5, 0.6) is 5.75 Å². The van der Waals surface area contributed by atoms with E-state index in [4.69, 9.17) is 18.6 Å². The van der Waals surface area contributed by atoms with Crippen molar-refractivity contribution in [1.29, 1.82) is 0 Å². The van der Waals surface area contributed by atoms with Crippen LogP contribution in [-0.4, -0.2) is 48.4 Å². The first-order valence-electron chi connectivity index (χ1n) is 10.2. The molecule has 0 saturated heterocycles. The van der Waals surface area contributed by atoms with Gasteiger partial charge in [0.05, 0.1) is 19.2 Å². The van der Waals surface area contributed by atoms with Gasteiger partial charge in [0, 0.05) is 25.0 Å². The van der Waals surface area contributed by atoms with Crippen molar-refractivity contribution in [3.05, 3.63) is 28.3 Å². The number of rotatable bonds is 11. The summed E-state index contributed by atoms with van der Waals surface area (Å²) in [7, 11) is 1.48. The summed E-state index contributed by atoms with van der Waals surface area (Å²) in [5.74, 6) is -0.00568.